The first-order valence-corrected chi connectivity index (χ1v) is 11.3. The number of pyridine rings is 1. The minimum absolute atomic E-state index is 0.0676. The van der Waals surface area contributed by atoms with E-state index < -0.39 is 17.3 Å². The number of furan rings is 1. The minimum Gasteiger partial charge on any atom is -0.467 e. The fourth-order valence-electron chi connectivity index (χ4n) is 4.76. The number of fused-ring (bicyclic) bond motifs is 1. The van der Waals surface area contributed by atoms with Crippen molar-refractivity contribution in [2.24, 2.45) is 5.92 Å². The highest BCUT2D eigenvalue weighted by Gasteiger charge is 2.31. The maximum Gasteiger partial charge on any atom is 0.262 e. The molecule has 1 aliphatic carbocycles. The summed E-state index contributed by atoms with van der Waals surface area (Å²) in [6, 6.07) is 13.5. The molecule has 1 fully saturated rings. The van der Waals surface area contributed by atoms with Crippen LogP contribution in [0, 0.1) is 24.5 Å². The van der Waals surface area contributed by atoms with Crippen LogP contribution < -0.4 is 10.9 Å². The van der Waals surface area contributed by atoms with E-state index in [1.54, 1.807) is 37.3 Å². The maximum atomic E-state index is 14.8. The van der Waals surface area contributed by atoms with Crippen LogP contribution in [0.25, 0.3) is 10.8 Å². The Labute approximate surface area is 195 Å². The van der Waals surface area contributed by atoms with Gasteiger partial charge >= 0.3 is 0 Å². The van der Waals surface area contributed by atoms with E-state index in [4.69, 9.17) is 4.42 Å². The van der Waals surface area contributed by atoms with Crippen LogP contribution in [0.2, 0.25) is 0 Å². The van der Waals surface area contributed by atoms with Gasteiger partial charge in [-0.2, -0.15) is 0 Å². The van der Waals surface area contributed by atoms with Crippen LogP contribution in [0.5, 0.6) is 0 Å². The van der Waals surface area contributed by atoms with Crippen LogP contribution in [-0.4, -0.2) is 10.5 Å². The van der Waals surface area contributed by atoms with Crippen molar-refractivity contribution in [3.8, 4) is 0 Å². The zero-order valence-corrected chi connectivity index (χ0v) is 18.7. The van der Waals surface area contributed by atoms with Crippen LogP contribution in [0.4, 0.5) is 8.78 Å². The molecule has 5 nitrogen and oxygen atoms in total. The Morgan fingerprint density at radius 3 is 2.62 bits per heavy atom. The van der Waals surface area contributed by atoms with E-state index in [2.05, 4.69) is 5.32 Å². The topological polar surface area (TPSA) is 64.2 Å². The van der Waals surface area contributed by atoms with Crippen molar-refractivity contribution < 1.29 is 18.0 Å². The van der Waals surface area contributed by atoms with Crippen LogP contribution in [-0.2, 0) is 6.54 Å². The molecule has 0 bridgehead atoms. The van der Waals surface area contributed by atoms with Gasteiger partial charge in [0.1, 0.15) is 17.4 Å². The van der Waals surface area contributed by atoms with E-state index in [9.17, 15) is 18.4 Å². The molecule has 0 radical (unpaired) electrons. The molecule has 1 amide bonds. The molecule has 34 heavy (non-hydrogen) atoms. The maximum absolute atomic E-state index is 14.8. The number of benzene rings is 2. The smallest absolute Gasteiger partial charge is 0.262 e. The lowest BCUT2D eigenvalue weighted by molar-refractivity contribution is 0.0900. The molecule has 1 atom stereocenters. The van der Waals surface area contributed by atoms with E-state index in [1.807, 2.05) is 0 Å². The van der Waals surface area contributed by atoms with Crippen molar-refractivity contribution in [3.05, 3.63) is 105 Å². The molecule has 2 aromatic carbocycles. The van der Waals surface area contributed by atoms with E-state index in [-0.39, 0.29) is 40.7 Å². The monoisotopic (exact) mass is 462 g/mol. The van der Waals surface area contributed by atoms with Gasteiger partial charge in [-0.15, -0.1) is 0 Å². The van der Waals surface area contributed by atoms with Crippen molar-refractivity contribution in [2.75, 3.05) is 0 Å². The summed E-state index contributed by atoms with van der Waals surface area (Å²) in [5.41, 5.74) is 0.791. The second-order valence-corrected chi connectivity index (χ2v) is 8.79. The van der Waals surface area contributed by atoms with Gasteiger partial charge in [-0.05, 0) is 61.6 Å². The third-order valence-corrected chi connectivity index (χ3v) is 6.75. The molecule has 5 rings (SSSR count). The van der Waals surface area contributed by atoms with Gasteiger partial charge in [0.15, 0.2) is 0 Å². The van der Waals surface area contributed by atoms with Crippen LogP contribution in [0.1, 0.15) is 52.7 Å². The van der Waals surface area contributed by atoms with Crippen molar-refractivity contribution in [1.82, 2.24) is 9.88 Å². The van der Waals surface area contributed by atoms with E-state index >= 15 is 0 Å². The molecule has 0 spiro atoms. The SMILES string of the molecule is Cc1c(C(=O)N[C@H](c2cccc(F)c2)C2CCC2)c2cccc(F)c2c(=O)n1Cc1ccco1. The number of amides is 1. The normalized spacial score (nSPS) is 14.7. The van der Waals surface area contributed by atoms with Crippen molar-refractivity contribution in [2.45, 2.75) is 38.8 Å². The number of hydrogen-bond acceptors (Lipinski definition) is 3. The van der Waals surface area contributed by atoms with Crippen molar-refractivity contribution in [1.29, 1.82) is 0 Å². The summed E-state index contributed by atoms with van der Waals surface area (Å²) in [7, 11) is 0. The van der Waals surface area contributed by atoms with Gasteiger partial charge < -0.3 is 14.3 Å². The number of carbonyl (C=O) groups is 1. The van der Waals surface area contributed by atoms with Gasteiger partial charge in [-0.3, -0.25) is 9.59 Å². The second kappa shape index (κ2) is 8.89. The molecule has 0 saturated heterocycles. The van der Waals surface area contributed by atoms with Crippen LogP contribution >= 0.6 is 0 Å². The average molecular weight is 462 g/mol. The first-order chi connectivity index (χ1) is 16.4. The van der Waals surface area contributed by atoms with Crippen LogP contribution in [0.3, 0.4) is 0 Å². The Balaban J connectivity index is 1.62. The highest BCUT2D eigenvalue weighted by molar-refractivity contribution is 6.08. The Bertz CT molecular complexity index is 1420. The predicted octanol–water partition coefficient (Wildman–Crippen LogP) is 5.50. The molecule has 2 aromatic heterocycles. The van der Waals surface area contributed by atoms with Gasteiger partial charge in [0.25, 0.3) is 11.5 Å². The number of carbonyl (C=O) groups excluding carboxylic acids is 1. The van der Waals surface area contributed by atoms with Gasteiger partial charge in [0.2, 0.25) is 0 Å². The Kier molecular flexibility index (Phi) is 5.77. The number of aromatic nitrogens is 1. The Hall–Kier alpha value is -3.74. The molecule has 2 heterocycles. The number of nitrogens with zero attached hydrogens (tertiary/aromatic N) is 1. The molecule has 1 aliphatic rings. The zero-order valence-electron chi connectivity index (χ0n) is 18.7. The number of halogens is 2. The summed E-state index contributed by atoms with van der Waals surface area (Å²) in [5.74, 6) is -0.790. The lowest BCUT2D eigenvalue weighted by Gasteiger charge is -2.35. The van der Waals surface area contributed by atoms with Gasteiger partial charge in [0.05, 0.1) is 29.8 Å². The summed E-state index contributed by atoms with van der Waals surface area (Å²) in [6.07, 6.45) is 4.39. The molecule has 174 valence electrons. The fourth-order valence-corrected chi connectivity index (χ4v) is 4.76. The van der Waals surface area contributed by atoms with E-state index in [1.165, 1.54) is 35.1 Å². The van der Waals surface area contributed by atoms with E-state index in [0.29, 0.717) is 17.0 Å². The van der Waals surface area contributed by atoms with Gasteiger partial charge in [-0.25, -0.2) is 8.78 Å². The van der Waals surface area contributed by atoms with Crippen molar-refractivity contribution in [3.63, 3.8) is 0 Å². The second-order valence-electron chi connectivity index (χ2n) is 8.79. The summed E-state index contributed by atoms with van der Waals surface area (Å²) < 4.78 is 35.5. The largest absolute Gasteiger partial charge is 0.467 e. The third kappa shape index (κ3) is 3.91. The number of rotatable bonds is 6. The lowest BCUT2D eigenvalue weighted by atomic mass is 9.77. The standard InChI is InChI=1S/C27H24F2N2O3/c1-16-23(26(32)30-25(17-6-2-7-17)18-8-3-9-19(28)14-18)21-11-4-12-22(29)24(21)27(33)31(16)15-20-10-5-13-34-20/h3-5,8-14,17,25H,2,6-7,15H2,1H3,(H,30,32)/t25-/m0/s1. The number of hydrogen-bond donors (Lipinski definition) is 1. The fraction of sp³-hybridized carbons (Fsp3) is 0.259. The predicted molar refractivity (Wildman–Crippen MR) is 125 cm³/mol. The molecule has 0 aliphatic heterocycles. The first kappa shape index (κ1) is 22.1. The lowest BCUT2D eigenvalue weighted by Crippen LogP contribution is -2.38. The Morgan fingerprint density at radius 1 is 1.15 bits per heavy atom. The first-order valence-electron chi connectivity index (χ1n) is 11.3. The van der Waals surface area contributed by atoms with Gasteiger partial charge in [0, 0.05) is 11.1 Å². The zero-order chi connectivity index (χ0) is 23.8. The quantitative estimate of drug-likeness (QED) is 0.412. The molecular formula is C27H24F2N2O3. The highest BCUT2D eigenvalue weighted by Crippen LogP contribution is 2.38. The number of nitrogens with one attached hydrogen (secondary N) is 1. The summed E-state index contributed by atoms with van der Waals surface area (Å²) in [6.45, 7) is 1.74. The molecule has 1 N–H and O–H groups in total. The third-order valence-electron chi connectivity index (χ3n) is 6.75. The molecule has 1 saturated carbocycles. The minimum atomic E-state index is -0.689. The van der Waals surface area contributed by atoms with Gasteiger partial charge in [-0.1, -0.05) is 30.7 Å². The summed E-state index contributed by atoms with van der Waals surface area (Å²) in [5, 5.41) is 3.18. The van der Waals surface area contributed by atoms with Crippen molar-refractivity contribution >= 4 is 16.7 Å². The summed E-state index contributed by atoms with van der Waals surface area (Å²) >= 11 is 0. The summed E-state index contributed by atoms with van der Waals surface area (Å²) in [4.78, 5) is 26.9. The molecule has 7 heteroatoms. The molecule has 4 aromatic rings. The van der Waals surface area contributed by atoms with E-state index in [0.717, 1.165) is 19.3 Å². The molecular weight excluding hydrogens is 438 g/mol. The van der Waals surface area contributed by atoms with Crippen LogP contribution in [0.15, 0.2) is 70.1 Å². The highest BCUT2D eigenvalue weighted by atomic mass is 19.1. The molecule has 0 unspecified atom stereocenters. The Morgan fingerprint density at radius 2 is 1.94 bits per heavy atom. The average Bonchev–Trinajstić information content (AvgIpc) is 3.28.